The van der Waals surface area contributed by atoms with Crippen LogP contribution < -0.4 is 10.6 Å². The lowest BCUT2D eigenvalue weighted by Gasteiger charge is -2.11. The van der Waals surface area contributed by atoms with Gasteiger partial charge in [-0.15, -0.1) is 24.0 Å². The molecule has 0 saturated carbocycles. The van der Waals surface area contributed by atoms with Gasteiger partial charge in [-0.2, -0.15) is 0 Å². The Kier molecular flexibility index (Phi) is 10.0. The Morgan fingerprint density at radius 3 is 2.23 bits per heavy atom. The summed E-state index contributed by atoms with van der Waals surface area (Å²) in [6, 6.07) is 14.9. The number of esters is 1. The minimum absolute atomic E-state index is 0. The van der Waals surface area contributed by atoms with Crippen molar-refractivity contribution in [3.05, 3.63) is 70.2 Å². The third kappa shape index (κ3) is 7.21. The molecule has 0 radical (unpaired) electrons. The van der Waals surface area contributed by atoms with Gasteiger partial charge in [0.2, 0.25) is 0 Å². The first kappa shape index (κ1) is 22.2. The molecule has 0 spiro atoms. The van der Waals surface area contributed by atoms with Crippen LogP contribution in [0, 0.1) is 0 Å². The molecule has 5 nitrogen and oxygen atoms in total. The molecule has 0 unspecified atom stereocenters. The second-order valence-corrected chi connectivity index (χ2v) is 5.80. The number of halogens is 2. The maximum absolute atomic E-state index is 11.4. The van der Waals surface area contributed by atoms with Gasteiger partial charge in [-0.25, -0.2) is 9.79 Å². The average molecular weight is 488 g/mol. The first-order valence-electron chi connectivity index (χ1n) is 8.06. The quantitative estimate of drug-likeness (QED) is 0.280. The van der Waals surface area contributed by atoms with E-state index in [1.54, 1.807) is 12.1 Å². The number of ether oxygens (including phenoxy) is 1. The van der Waals surface area contributed by atoms with Crippen molar-refractivity contribution in [2.24, 2.45) is 4.99 Å². The van der Waals surface area contributed by atoms with Crippen LogP contribution in [0.4, 0.5) is 0 Å². The second-order valence-electron chi connectivity index (χ2n) is 5.36. The Morgan fingerprint density at radius 1 is 1.04 bits per heavy atom. The van der Waals surface area contributed by atoms with Gasteiger partial charge in [-0.05, 0) is 42.3 Å². The van der Waals surface area contributed by atoms with Gasteiger partial charge in [0.1, 0.15) is 0 Å². The predicted octanol–water partition coefficient (Wildman–Crippen LogP) is 4.00. The van der Waals surface area contributed by atoms with Crippen LogP contribution >= 0.6 is 35.6 Å². The van der Waals surface area contributed by atoms with Crippen LogP contribution in [0.25, 0.3) is 0 Å². The topological polar surface area (TPSA) is 62.7 Å². The number of methoxy groups -OCH3 is 1. The van der Waals surface area contributed by atoms with E-state index >= 15 is 0 Å². The number of carbonyl (C=O) groups excluding carboxylic acids is 1. The van der Waals surface area contributed by atoms with Crippen LogP contribution in [0.15, 0.2) is 53.5 Å². The molecular formula is C19H23ClIN3O2. The second kappa shape index (κ2) is 11.7. The first-order valence-corrected chi connectivity index (χ1v) is 8.44. The van der Waals surface area contributed by atoms with Crippen LogP contribution in [0.1, 0.15) is 28.4 Å². The molecule has 0 aliphatic carbocycles. The van der Waals surface area contributed by atoms with E-state index in [-0.39, 0.29) is 29.9 Å². The van der Waals surface area contributed by atoms with Crippen molar-refractivity contribution in [3.8, 4) is 0 Å². The van der Waals surface area contributed by atoms with Crippen LogP contribution in [-0.2, 0) is 17.8 Å². The molecule has 2 N–H and O–H groups in total. The Hall–Kier alpha value is -1.80. The maximum Gasteiger partial charge on any atom is 0.337 e. The van der Waals surface area contributed by atoms with Crippen molar-refractivity contribution in [2.75, 3.05) is 13.7 Å². The summed E-state index contributed by atoms with van der Waals surface area (Å²) >= 11 is 5.90. The highest BCUT2D eigenvalue weighted by Crippen LogP contribution is 2.09. The van der Waals surface area contributed by atoms with E-state index in [9.17, 15) is 4.79 Å². The van der Waals surface area contributed by atoms with Gasteiger partial charge in [-0.1, -0.05) is 35.9 Å². The predicted molar refractivity (Wildman–Crippen MR) is 116 cm³/mol. The van der Waals surface area contributed by atoms with Gasteiger partial charge in [0.25, 0.3) is 0 Å². The zero-order valence-corrected chi connectivity index (χ0v) is 17.9. The van der Waals surface area contributed by atoms with E-state index < -0.39 is 0 Å². The third-order valence-corrected chi connectivity index (χ3v) is 3.76. The molecule has 0 aliphatic heterocycles. The van der Waals surface area contributed by atoms with E-state index in [1.165, 1.54) is 7.11 Å². The number of carbonyl (C=O) groups is 1. The lowest BCUT2D eigenvalue weighted by molar-refractivity contribution is 0.0600. The van der Waals surface area contributed by atoms with E-state index in [1.807, 2.05) is 43.3 Å². The smallest absolute Gasteiger partial charge is 0.337 e. The zero-order valence-electron chi connectivity index (χ0n) is 14.8. The molecule has 0 atom stereocenters. The van der Waals surface area contributed by atoms with Crippen molar-refractivity contribution >= 4 is 47.5 Å². The van der Waals surface area contributed by atoms with Gasteiger partial charge >= 0.3 is 5.97 Å². The summed E-state index contributed by atoms with van der Waals surface area (Å²) in [5.41, 5.74) is 2.66. The number of nitrogens with zero attached hydrogens (tertiary/aromatic N) is 1. The van der Waals surface area contributed by atoms with Gasteiger partial charge in [0.05, 0.1) is 19.2 Å². The summed E-state index contributed by atoms with van der Waals surface area (Å²) in [4.78, 5) is 16.0. The summed E-state index contributed by atoms with van der Waals surface area (Å²) in [6.45, 7) is 3.96. The van der Waals surface area contributed by atoms with Gasteiger partial charge < -0.3 is 15.4 Å². The Morgan fingerprint density at radius 2 is 1.65 bits per heavy atom. The van der Waals surface area contributed by atoms with Crippen LogP contribution in [0.2, 0.25) is 5.02 Å². The number of benzene rings is 2. The van der Waals surface area contributed by atoms with Crippen molar-refractivity contribution < 1.29 is 9.53 Å². The highest BCUT2D eigenvalue weighted by molar-refractivity contribution is 14.0. The highest BCUT2D eigenvalue weighted by atomic mass is 127. The third-order valence-electron chi connectivity index (χ3n) is 3.51. The highest BCUT2D eigenvalue weighted by Gasteiger charge is 2.04. The normalized spacial score (nSPS) is 10.7. The molecule has 0 aromatic heterocycles. The summed E-state index contributed by atoms with van der Waals surface area (Å²) in [7, 11) is 1.37. The van der Waals surface area contributed by atoms with Crippen molar-refractivity contribution in [3.63, 3.8) is 0 Å². The number of hydrogen-bond donors (Lipinski definition) is 2. The van der Waals surface area contributed by atoms with Crippen molar-refractivity contribution in [2.45, 2.75) is 20.0 Å². The number of rotatable bonds is 6. The molecule has 140 valence electrons. The van der Waals surface area contributed by atoms with E-state index in [0.717, 1.165) is 28.7 Å². The van der Waals surface area contributed by atoms with Gasteiger partial charge in [0.15, 0.2) is 5.96 Å². The van der Waals surface area contributed by atoms with Crippen LogP contribution in [0.5, 0.6) is 0 Å². The molecule has 2 aromatic rings. The van der Waals surface area contributed by atoms with Crippen molar-refractivity contribution in [1.82, 2.24) is 10.6 Å². The molecule has 0 aliphatic rings. The molecule has 0 saturated heterocycles. The summed E-state index contributed by atoms with van der Waals surface area (Å²) in [5.74, 6) is 0.391. The summed E-state index contributed by atoms with van der Waals surface area (Å²) in [6.07, 6.45) is 0. The molecule has 26 heavy (non-hydrogen) atoms. The standard InChI is InChI=1S/C19H22ClN3O2.HI/c1-3-21-19(23-13-15-6-10-17(20)11-7-15)22-12-14-4-8-16(9-5-14)18(24)25-2;/h4-11H,3,12-13H2,1-2H3,(H2,21,22,23);1H. The molecule has 2 aromatic carbocycles. The fraction of sp³-hybridized carbons (Fsp3) is 0.263. The number of nitrogens with one attached hydrogen (secondary N) is 2. The minimum Gasteiger partial charge on any atom is -0.465 e. The molecular weight excluding hydrogens is 465 g/mol. The number of guanidine groups is 1. The largest absolute Gasteiger partial charge is 0.465 e. The zero-order chi connectivity index (χ0) is 18.1. The molecule has 0 fully saturated rings. The lowest BCUT2D eigenvalue weighted by atomic mass is 10.1. The summed E-state index contributed by atoms with van der Waals surface area (Å²) < 4.78 is 4.69. The Labute approximate surface area is 176 Å². The van der Waals surface area contributed by atoms with Gasteiger partial charge in [-0.3, -0.25) is 0 Å². The van der Waals surface area contributed by atoms with E-state index in [4.69, 9.17) is 16.3 Å². The maximum atomic E-state index is 11.4. The number of aliphatic imine (C=N–C) groups is 1. The van der Waals surface area contributed by atoms with Crippen molar-refractivity contribution in [1.29, 1.82) is 0 Å². The molecule has 0 amide bonds. The molecule has 2 rings (SSSR count). The molecule has 0 heterocycles. The first-order chi connectivity index (χ1) is 12.1. The van der Waals surface area contributed by atoms with E-state index in [0.29, 0.717) is 18.7 Å². The van der Waals surface area contributed by atoms with Gasteiger partial charge in [0, 0.05) is 18.1 Å². The fourth-order valence-corrected chi connectivity index (χ4v) is 2.29. The lowest BCUT2D eigenvalue weighted by Crippen LogP contribution is -2.36. The van der Waals surface area contributed by atoms with Crippen LogP contribution in [0.3, 0.4) is 0 Å². The monoisotopic (exact) mass is 487 g/mol. The molecule has 7 heteroatoms. The van der Waals surface area contributed by atoms with Crippen LogP contribution in [-0.4, -0.2) is 25.6 Å². The number of hydrogen-bond acceptors (Lipinski definition) is 3. The Bertz CT molecular complexity index is 719. The minimum atomic E-state index is -0.340. The average Bonchev–Trinajstić information content (AvgIpc) is 2.65. The fourth-order valence-electron chi connectivity index (χ4n) is 2.16. The SMILES string of the molecule is CCNC(=NCc1ccc(C(=O)OC)cc1)NCc1ccc(Cl)cc1.I. The Balaban J connectivity index is 0.00000338. The molecule has 0 bridgehead atoms. The van der Waals surface area contributed by atoms with E-state index in [2.05, 4.69) is 15.6 Å². The summed E-state index contributed by atoms with van der Waals surface area (Å²) in [5, 5.41) is 7.22.